The molecule has 0 aliphatic rings. The molecule has 0 heterocycles. The van der Waals surface area contributed by atoms with E-state index in [9.17, 15) is 0 Å². The van der Waals surface area contributed by atoms with Crippen LogP contribution in [0.25, 0.3) is 11.1 Å². The van der Waals surface area contributed by atoms with Crippen LogP contribution in [-0.4, -0.2) is 6.61 Å². The molecule has 0 bridgehead atoms. The zero-order chi connectivity index (χ0) is 11.9. The van der Waals surface area contributed by atoms with Gasteiger partial charge >= 0.3 is 0 Å². The van der Waals surface area contributed by atoms with E-state index in [1.54, 1.807) is 0 Å². The molecule has 0 unspecified atom stereocenters. The van der Waals surface area contributed by atoms with Gasteiger partial charge in [0.1, 0.15) is 0 Å². The lowest BCUT2D eigenvalue weighted by Gasteiger charge is -2.09. The van der Waals surface area contributed by atoms with Crippen molar-refractivity contribution in [1.82, 2.24) is 0 Å². The largest absolute Gasteiger partial charge is 0.377 e. The fourth-order valence-corrected chi connectivity index (χ4v) is 1.87. The van der Waals surface area contributed by atoms with E-state index in [0.717, 1.165) is 13.0 Å². The minimum absolute atomic E-state index is 0.693. The van der Waals surface area contributed by atoms with E-state index < -0.39 is 0 Å². The molecule has 0 saturated heterocycles. The van der Waals surface area contributed by atoms with Crippen LogP contribution in [0.3, 0.4) is 0 Å². The zero-order valence-electron chi connectivity index (χ0n) is 10.2. The van der Waals surface area contributed by atoms with Crippen molar-refractivity contribution in [2.75, 3.05) is 6.61 Å². The highest BCUT2D eigenvalue weighted by Crippen LogP contribution is 2.23. The summed E-state index contributed by atoms with van der Waals surface area (Å²) < 4.78 is 5.63. The first kappa shape index (κ1) is 11.9. The molecule has 88 valence electrons. The summed E-state index contributed by atoms with van der Waals surface area (Å²) in [4.78, 5) is 0. The third kappa shape index (κ3) is 3.18. The van der Waals surface area contributed by atoms with Crippen LogP contribution in [0, 0.1) is 0 Å². The summed E-state index contributed by atoms with van der Waals surface area (Å²) in [6.45, 7) is 3.64. The molecule has 0 saturated carbocycles. The predicted molar refractivity (Wildman–Crippen MR) is 71.8 cm³/mol. The standard InChI is InChI=1S/C16H18O/c1-2-12-17-13-15-10-6-7-11-16(15)14-8-4-3-5-9-14/h3-11H,2,12-13H2,1H3. The Bertz CT molecular complexity index is 448. The van der Waals surface area contributed by atoms with Gasteiger partial charge in [0, 0.05) is 6.61 Å². The fraction of sp³-hybridized carbons (Fsp3) is 0.250. The monoisotopic (exact) mass is 226 g/mol. The Kier molecular flexibility index (Phi) is 4.34. The van der Waals surface area contributed by atoms with E-state index in [1.165, 1.54) is 16.7 Å². The second kappa shape index (κ2) is 6.21. The highest BCUT2D eigenvalue weighted by atomic mass is 16.5. The Hall–Kier alpha value is -1.60. The summed E-state index contributed by atoms with van der Waals surface area (Å²) in [5, 5.41) is 0. The molecular formula is C16H18O. The van der Waals surface area contributed by atoms with E-state index in [0.29, 0.717) is 6.61 Å². The Labute approximate surface area is 103 Å². The summed E-state index contributed by atoms with van der Waals surface area (Å²) in [5.74, 6) is 0. The first-order chi connectivity index (χ1) is 8.42. The van der Waals surface area contributed by atoms with Gasteiger partial charge in [0.2, 0.25) is 0 Å². The van der Waals surface area contributed by atoms with Crippen LogP contribution in [0.5, 0.6) is 0 Å². The lowest BCUT2D eigenvalue weighted by atomic mass is 10.0. The number of rotatable bonds is 5. The van der Waals surface area contributed by atoms with Gasteiger partial charge in [-0.3, -0.25) is 0 Å². The second-order valence-electron chi connectivity index (χ2n) is 4.08. The highest BCUT2D eigenvalue weighted by molar-refractivity contribution is 5.66. The normalized spacial score (nSPS) is 10.4. The molecule has 0 N–H and O–H groups in total. The van der Waals surface area contributed by atoms with Gasteiger partial charge in [0.25, 0.3) is 0 Å². The average Bonchev–Trinajstić information content (AvgIpc) is 2.41. The second-order valence-corrected chi connectivity index (χ2v) is 4.08. The van der Waals surface area contributed by atoms with Gasteiger partial charge in [-0.2, -0.15) is 0 Å². The molecule has 1 heteroatoms. The van der Waals surface area contributed by atoms with Crippen molar-refractivity contribution in [3.63, 3.8) is 0 Å². The summed E-state index contributed by atoms with van der Waals surface area (Å²) in [5.41, 5.74) is 3.78. The van der Waals surface area contributed by atoms with Crippen LogP contribution >= 0.6 is 0 Å². The molecule has 2 aromatic rings. The van der Waals surface area contributed by atoms with Crippen LogP contribution in [0.4, 0.5) is 0 Å². The third-order valence-electron chi connectivity index (χ3n) is 2.71. The van der Waals surface area contributed by atoms with Crippen molar-refractivity contribution < 1.29 is 4.74 Å². The van der Waals surface area contributed by atoms with E-state index in [4.69, 9.17) is 4.74 Å². The van der Waals surface area contributed by atoms with E-state index >= 15 is 0 Å². The lowest BCUT2D eigenvalue weighted by molar-refractivity contribution is 0.122. The molecule has 1 nitrogen and oxygen atoms in total. The number of hydrogen-bond donors (Lipinski definition) is 0. The van der Waals surface area contributed by atoms with Crippen LogP contribution < -0.4 is 0 Å². The summed E-state index contributed by atoms with van der Waals surface area (Å²) in [6.07, 6.45) is 1.06. The average molecular weight is 226 g/mol. The quantitative estimate of drug-likeness (QED) is 0.691. The van der Waals surface area contributed by atoms with Gasteiger partial charge in [-0.25, -0.2) is 0 Å². The summed E-state index contributed by atoms with van der Waals surface area (Å²) in [6, 6.07) is 18.9. The van der Waals surface area contributed by atoms with Crippen LogP contribution in [0.2, 0.25) is 0 Å². The number of ether oxygens (including phenoxy) is 1. The first-order valence-electron chi connectivity index (χ1n) is 6.13. The van der Waals surface area contributed by atoms with E-state index in [-0.39, 0.29) is 0 Å². The maximum atomic E-state index is 5.63. The SMILES string of the molecule is CCCOCc1ccccc1-c1ccccc1. The van der Waals surface area contributed by atoms with Crippen molar-refractivity contribution >= 4 is 0 Å². The fourth-order valence-electron chi connectivity index (χ4n) is 1.87. The highest BCUT2D eigenvalue weighted by Gasteiger charge is 2.03. The summed E-state index contributed by atoms with van der Waals surface area (Å²) in [7, 11) is 0. The Morgan fingerprint density at radius 2 is 1.59 bits per heavy atom. The van der Waals surface area contributed by atoms with Crippen molar-refractivity contribution in [2.24, 2.45) is 0 Å². The topological polar surface area (TPSA) is 9.23 Å². The van der Waals surface area contributed by atoms with Gasteiger partial charge in [-0.05, 0) is 23.1 Å². The Morgan fingerprint density at radius 1 is 0.882 bits per heavy atom. The third-order valence-corrected chi connectivity index (χ3v) is 2.71. The lowest BCUT2D eigenvalue weighted by Crippen LogP contribution is -1.96. The molecule has 0 aromatic heterocycles. The Balaban J connectivity index is 2.22. The molecule has 0 fully saturated rings. The molecule has 0 spiro atoms. The van der Waals surface area contributed by atoms with E-state index in [2.05, 4.69) is 55.5 Å². The van der Waals surface area contributed by atoms with Crippen molar-refractivity contribution in [1.29, 1.82) is 0 Å². The molecule has 0 radical (unpaired) electrons. The van der Waals surface area contributed by atoms with Gasteiger partial charge in [-0.1, -0.05) is 61.5 Å². The smallest absolute Gasteiger partial charge is 0.0722 e. The molecular weight excluding hydrogens is 208 g/mol. The van der Waals surface area contributed by atoms with E-state index in [1.807, 2.05) is 6.07 Å². The maximum Gasteiger partial charge on any atom is 0.0722 e. The Morgan fingerprint density at radius 3 is 2.35 bits per heavy atom. The van der Waals surface area contributed by atoms with Crippen molar-refractivity contribution in [2.45, 2.75) is 20.0 Å². The summed E-state index contributed by atoms with van der Waals surface area (Å²) >= 11 is 0. The molecule has 17 heavy (non-hydrogen) atoms. The minimum atomic E-state index is 0.693. The van der Waals surface area contributed by atoms with Crippen molar-refractivity contribution in [3.8, 4) is 11.1 Å². The maximum absolute atomic E-state index is 5.63. The van der Waals surface area contributed by atoms with Crippen LogP contribution in [-0.2, 0) is 11.3 Å². The number of benzene rings is 2. The van der Waals surface area contributed by atoms with Gasteiger partial charge in [0.05, 0.1) is 6.61 Å². The van der Waals surface area contributed by atoms with Crippen LogP contribution in [0.1, 0.15) is 18.9 Å². The predicted octanol–water partition coefficient (Wildman–Crippen LogP) is 4.28. The van der Waals surface area contributed by atoms with Crippen molar-refractivity contribution in [3.05, 3.63) is 60.2 Å². The number of hydrogen-bond acceptors (Lipinski definition) is 1. The molecule has 0 aliphatic carbocycles. The molecule has 0 atom stereocenters. The molecule has 2 rings (SSSR count). The molecule has 2 aromatic carbocycles. The van der Waals surface area contributed by atoms with Crippen LogP contribution in [0.15, 0.2) is 54.6 Å². The van der Waals surface area contributed by atoms with Gasteiger partial charge in [-0.15, -0.1) is 0 Å². The minimum Gasteiger partial charge on any atom is -0.377 e. The molecule has 0 aliphatic heterocycles. The molecule has 0 amide bonds. The van der Waals surface area contributed by atoms with Gasteiger partial charge < -0.3 is 4.74 Å². The zero-order valence-corrected chi connectivity index (χ0v) is 10.2. The first-order valence-corrected chi connectivity index (χ1v) is 6.13. The van der Waals surface area contributed by atoms with Gasteiger partial charge in [0.15, 0.2) is 0 Å².